The number of aromatic hydroxyl groups is 1. The smallest absolute Gasteiger partial charge is 0.408 e. The molecule has 5 heterocycles. The fourth-order valence-corrected chi connectivity index (χ4v) is 11.5. The summed E-state index contributed by atoms with van der Waals surface area (Å²) in [6.45, 7) is 14.4. The van der Waals surface area contributed by atoms with Gasteiger partial charge in [-0.3, -0.25) is 14.4 Å². The number of piperidine rings is 2. The molecule has 2 amide bonds. The van der Waals surface area contributed by atoms with Gasteiger partial charge >= 0.3 is 12.1 Å². The maximum absolute atomic E-state index is 13.0. The Kier molecular flexibility index (Phi) is 20.0. The maximum atomic E-state index is 13.0. The van der Waals surface area contributed by atoms with Gasteiger partial charge in [0.15, 0.2) is 17.4 Å². The Labute approximate surface area is 514 Å². The Morgan fingerprint density at radius 3 is 1.92 bits per heavy atom. The van der Waals surface area contributed by atoms with E-state index in [2.05, 4.69) is 45.4 Å². The van der Waals surface area contributed by atoms with Gasteiger partial charge in [0.25, 0.3) is 11.5 Å². The van der Waals surface area contributed by atoms with Gasteiger partial charge in [0.2, 0.25) is 0 Å². The van der Waals surface area contributed by atoms with E-state index in [9.17, 15) is 34.2 Å². The number of pyridine rings is 1. The summed E-state index contributed by atoms with van der Waals surface area (Å²) in [5.74, 6) is -0.657. The Morgan fingerprint density at radius 2 is 1.33 bits per heavy atom. The third kappa shape index (κ3) is 15.6. The number of hydrogen-bond acceptors (Lipinski definition) is 21. The lowest BCUT2D eigenvalue weighted by atomic mass is 9.89. The molecule has 0 unspecified atom stereocenters. The predicted molar refractivity (Wildman–Crippen MR) is 337 cm³/mol. The largest absolute Gasteiger partial charge is 0.506 e. The van der Waals surface area contributed by atoms with E-state index in [4.69, 9.17) is 55.6 Å². The lowest BCUT2D eigenvalue weighted by Gasteiger charge is -2.40. The number of H-pyrrole nitrogens is 1. The second-order valence-electron chi connectivity index (χ2n) is 22.0. The molecule has 7 aromatic rings. The molecule has 0 atom stereocenters. The van der Waals surface area contributed by atoms with Crippen molar-refractivity contribution in [2.75, 3.05) is 65.1 Å². The molecule has 13 N–H and O–H groups in total. The second kappa shape index (κ2) is 27.0. The molecule has 2 saturated heterocycles. The minimum absolute atomic E-state index is 0.119. The first kappa shape index (κ1) is 63.7. The zero-order chi connectivity index (χ0) is 62.3. The van der Waals surface area contributed by atoms with Gasteiger partial charge in [-0.2, -0.15) is 0 Å². The number of Topliss-reactive ketones (excluding diaryl/α,β-unsaturated/α-hetero) is 1. The zero-order valence-electron chi connectivity index (χ0n) is 48.1. The fourth-order valence-electron chi connectivity index (χ4n) is 9.35. The van der Waals surface area contributed by atoms with E-state index in [1.54, 1.807) is 92.1 Å². The van der Waals surface area contributed by atoms with Crippen molar-refractivity contribution in [2.24, 2.45) is 5.73 Å². The fraction of sp³-hybridized carbons (Fsp3) is 0.317. The molecule has 0 bridgehead atoms. The van der Waals surface area contributed by atoms with Crippen LogP contribution in [0, 0.1) is 0 Å². The van der Waals surface area contributed by atoms with Crippen molar-refractivity contribution in [3.63, 3.8) is 0 Å². The summed E-state index contributed by atoms with van der Waals surface area (Å²) in [5.41, 5.74) is 24.5. The quantitative estimate of drug-likeness (QED) is 0.0330. The number of benzene rings is 4. The average Bonchev–Trinajstić information content (AvgIpc) is 1.84. The SMILES string of the molecule is CC1(N)CCN(c2cnc(Sc3cccc(NC(=O)c4c(O)c5ccccc5[nH]c4=O)c3Cl)c(N)n2)CC1.CC1(NC(=O)OC(C)(C)C)CCN(c2cnc(Sc3cccc(N)c3Cl)c(N)n2)CC1.CCOC(=O)C1=C(O)c2ccccc2CC1=O. The number of hydrogen-bond donors (Lipinski definition) is 9. The monoisotopic (exact) mass is 1250 g/mol. The summed E-state index contributed by atoms with van der Waals surface area (Å²) < 4.78 is 10.1. The standard InChI is InChI=1S/C26H26ClN7O3S.C21H29ClN6O2S.C13H12O4/c1-26(29)9-11-34(12-10-26)18-13-30-25(22(28)33-18)38-17-8-4-7-16(20(17)27)32-24(37)19-21(35)14-5-2-3-6-15(14)31-23(19)36;1-20(2,3)30-19(29)27-21(4)8-10-28(11-9-21)15-12-25-18(17(24)26-15)31-14-7-5-6-13(23)16(14)22;1-2-17-13(16)11-10(14)7-8-5-3-4-6-9(8)12(11)15/h2-8,13H,9-12,29H2,1H3,(H2,28,33)(H,32,37)(H2,31,35,36);5-7,12H,8-11,23H2,1-4H3,(H2,24,26)(H,27,29);3-6,15H,2,7H2,1H3. The van der Waals surface area contributed by atoms with E-state index < -0.39 is 46.2 Å². The van der Waals surface area contributed by atoms with Crippen LogP contribution in [0.1, 0.15) is 88.7 Å². The number of rotatable bonds is 11. The molecule has 2 aliphatic heterocycles. The second-order valence-corrected chi connectivity index (χ2v) is 24.8. The third-order valence-corrected chi connectivity index (χ3v) is 17.3. The number of aliphatic hydroxyl groups excluding tert-OH is 1. The maximum Gasteiger partial charge on any atom is 0.408 e. The third-order valence-electron chi connectivity index (χ3n) is 14.1. The molecule has 2 fully saturated rings. The zero-order valence-corrected chi connectivity index (χ0v) is 51.3. The number of ether oxygens (including phenoxy) is 2. The lowest BCUT2D eigenvalue weighted by Crippen LogP contribution is -2.54. The van der Waals surface area contributed by atoms with Crippen LogP contribution in [-0.2, 0) is 25.5 Å². The number of ketones is 1. The van der Waals surface area contributed by atoms with Crippen molar-refractivity contribution in [1.82, 2.24) is 30.2 Å². The van der Waals surface area contributed by atoms with Crippen molar-refractivity contribution in [2.45, 2.75) is 110 Å². The van der Waals surface area contributed by atoms with E-state index >= 15 is 0 Å². The first-order valence-corrected chi connectivity index (χ1v) is 29.7. The highest BCUT2D eigenvalue weighted by Crippen LogP contribution is 2.41. The number of para-hydroxylation sites is 1. The van der Waals surface area contributed by atoms with Gasteiger partial charge in [0.05, 0.1) is 45.9 Å². The van der Waals surface area contributed by atoms with Crippen molar-refractivity contribution in [3.8, 4) is 5.75 Å². The number of anilines is 6. The molecule has 26 heteroatoms. The van der Waals surface area contributed by atoms with Crippen LogP contribution in [0.15, 0.2) is 128 Å². The minimum atomic E-state index is -0.794. The number of halogens is 2. The highest BCUT2D eigenvalue weighted by atomic mass is 35.5. The number of nitrogen functional groups attached to an aromatic ring is 3. The number of nitrogens with two attached hydrogens (primary N) is 4. The number of nitrogens with one attached hydrogen (secondary N) is 3. The van der Waals surface area contributed by atoms with Crippen molar-refractivity contribution in [3.05, 3.63) is 140 Å². The molecule has 452 valence electrons. The average molecular weight is 1250 g/mol. The number of alkyl carbamates (subject to hydrolysis) is 1. The number of carbonyl (C=O) groups excluding carboxylic acids is 4. The van der Waals surface area contributed by atoms with Crippen molar-refractivity contribution < 1.29 is 38.9 Å². The molecule has 86 heavy (non-hydrogen) atoms. The normalized spacial score (nSPS) is 15.3. The van der Waals surface area contributed by atoms with E-state index in [1.165, 1.54) is 23.5 Å². The Morgan fingerprint density at radius 1 is 0.767 bits per heavy atom. The van der Waals surface area contributed by atoms with Gasteiger partial charge in [-0.25, -0.2) is 29.5 Å². The summed E-state index contributed by atoms with van der Waals surface area (Å²) in [4.78, 5) is 87.3. The Bertz CT molecular complexity index is 3810. The number of esters is 1. The molecule has 10 rings (SSSR count). The topological polar surface area (TPSA) is 346 Å². The molecule has 0 radical (unpaired) electrons. The number of aliphatic hydroxyl groups is 1. The number of amides is 2. The molecule has 3 aromatic heterocycles. The van der Waals surface area contributed by atoms with Gasteiger partial charge in [0.1, 0.15) is 49.9 Å². The predicted octanol–water partition coefficient (Wildman–Crippen LogP) is 9.95. The van der Waals surface area contributed by atoms with Crippen LogP contribution in [0.4, 0.5) is 39.4 Å². The van der Waals surface area contributed by atoms with E-state index in [1.807, 2.05) is 46.8 Å². The van der Waals surface area contributed by atoms with Gasteiger partial charge in [-0.1, -0.05) is 95.3 Å². The highest BCUT2D eigenvalue weighted by Gasteiger charge is 2.35. The highest BCUT2D eigenvalue weighted by molar-refractivity contribution is 7.99. The molecule has 1 aliphatic carbocycles. The van der Waals surface area contributed by atoms with Crippen molar-refractivity contribution in [1.29, 1.82) is 0 Å². The van der Waals surface area contributed by atoms with Crippen LogP contribution in [0.3, 0.4) is 0 Å². The first-order valence-electron chi connectivity index (χ1n) is 27.3. The van der Waals surface area contributed by atoms with E-state index in [0.717, 1.165) is 49.2 Å². The number of aromatic nitrogens is 5. The van der Waals surface area contributed by atoms with Crippen LogP contribution in [0.5, 0.6) is 5.75 Å². The van der Waals surface area contributed by atoms with Crippen LogP contribution < -0.4 is 48.9 Å². The van der Waals surface area contributed by atoms with Crippen molar-refractivity contribution >= 4 is 122 Å². The van der Waals surface area contributed by atoms with Gasteiger partial charge in [0, 0.05) is 64.4 Å². The summed E-state index contributed by atoms with van der Waals surface area (Å²) in [7, 11) is 0. The Hall–Kier alpha value is -8.29. The number of carbonyl (C=O) groups is 4. The van der Waals surface area contributed by atoms with Crippen LogP contribution in [0.2, 0.25) is 10.0 Å². The molecule has 0 saturated carbocycles. The summed E-state index contributed by atoms with van der Waals surface area (Å²) in [5, 5.41) is 28.3. The van der Waals surface area contributed by atoms with Gasteiger partial charge < -0.3 is 68.0 Å². The molecular weight excluding hydrogens is 1180 g/mol. The van der Waals surface area contributed by atoms with Crippen LogP contribution >= 0.6 is 46.7 Å². The molecule has 4 aromatic carbocycles. The van der Waals surface area contributed by atoms with Gasteiger partial charge in [-0.05, 0) is 109 Å². The number of fused-ring (bicyclic) bond motifs is 2. The van der Waals surface area contributed by atoms with E-state index in [-0.39, 0.29) is 52.0 Å². The first-order chi connectivity index (χ1) is 40.7. The molecule has 0 spiro atoms. The Balaban J connectivity index is 0.000000179. The van der Waals surface area contributed by atoms with Gasteiger partial charge in [-0.15, -0.1) is 0 Å². The molecular formula is C60H67Cl2N13O9S2. The lowest BCUT2D eigenvalue weighted by molar-refractivity contribution is -0.140. The summed E-state index contributed by atoms with van der Waals surface area (Å²) in [6, 6.07) is 24.1. The summed E-state index contributed by atoms with van der Waals surface area (Å²) in [6.07, 6.45) is 6.31. The minimum Gasteiger partial charge on any atom is -0.506 e. The summed E-state index contributed by atoms with van der Waals surface area (Å²) >= 11 is 15.4. The number of aromatic amines is 1. The van der Waals surface area contributed by atoms with Crippen LogP contribution in [0.25, 0.3) is 16.7 Å². The van der Waals surface area contributed by atoms with E-state index in [0.29, 0.717) is 72.7 Å². The molecule has 22 nitrogen and oxygen atoms in total. The van der Waals surface area contributed by atoms with Crippen LogP contribution in [-0.4, -0.2) is 108 Å². The molecule has 3 aliphatic rings. The number of nitrogens with zero attached hydrogens (tertiary/aromatic N) is 6.